The van der Waals surface area contributed by atoms with Crippen molar-refractivity contribution in [2.24, 2.45) is 0 Å². The van der Waals surface area contributed by atoms with Crippen molar-refractivity contribution in [3.63, 3.8) is 0 Å². The summed E-state index contributed by atoms with van der Waals surface area (Å²) in [6.45, 7) is 4.23. The first kappa shape index (κ1) is 14.1. The molecule has 0 amide bonds. The fraction of sp³-hybridized carbons (Fsp3) is 0.250. The van der Waals surface area contributed by atoms with Gasteiger partial charge in [-0.25, -0.2) is 0 Å². The molecule has 3 aromatic rings. The molecule has 0 aliphatic carbocycles. The zero-order valence-electron chi connectivity index (χ0n) is 13.4. The van der Waals surface area contributed by atoms with E-state index >= 15 is 0 Å². The normalized spacial score (nSPS) is 17.8. The smallest absolute Gasteiger partial charge is 0.0708 e. The lowest BCUT2D eigenvalue weighted by atomic mass is 9.99. The average molecular weight is 303 g/mol. The Morgan fingerprint density at radius 2 is 1.91 bits per heavy atom. The van der Waals surface area contributed by atoms with Gasteiger partial charge in [0.2, 0.25) is 0 Å². The molecule has 2 heterocycles. The van der Waals surface area contributed by atoms with Gasteiger partial charge < -0.3 is 10.6 Å². The Hall–Kier alpha value is -2.55. The number of hydrogen-bond donors (Lipinski definition) is 1. The molecule has 0 unspecified atom stereocenters. The summed E-state index contributed by atoms with van der Waals surface area (Å²) in [4.78, 5) is 7.22. The van der Waals surface area contributed by atoms with Gasteiger partial charge in [-0.15, -0.1) is 0 Å². The fourth-order valence-electron chi connectivity index (χ4n) is 3.58. The van der Waals surface area contributed by atoms with Crippen LogP contribution in [0.2, 0.25) is 0 Å². The Bertz CT molecular complexity index is 842. The summed E-state index contributed by atoms with van der Waals surface area (Å²) < 4.78 is 0. The van der Waals surface area contributed by atoms with Crippen molar-refractivity contribution in [2.75, 3.05) is 23.7 Å². The van der Waals surface area contributed by atoms with Gasteiger partial charge in [-0.2, -0.15) is 0 Å². The third-order valence-corrected chi connectivity index (χ3v) is 4.80. The van der Waals surface area contributed by atoms with Gasteiger partial charge in [-0.3, -0.25) is 4.98 Å². The topological polar surface area (TPSA) is 42.1 Å². The molecule has 2 aromatic carbocycles. The van der Waals surface area contributed by atoms with E-state index in [2.05, 4.69) is 48.2 Å². The largest absolute Gasteiger partial charge is 0.399 e. The molecule has 1 atom stereocenters. The van der Waals surface area contributed by atoms with Gasteiger partial charge in [0.05, 0.1) is 16.9 Å². The lowest BCUT2D eigenvalue weighted by Crippen LogP contribution is -2.20. The molecule has 0 bridgehead atoms. The van der Waals surface area contributed by atoms with E-state index in [4.69, 9.17) is 10.7 Å². The molecule has 4 rings (SSSR count). The van der Waals surface area contributed by atoms with Crippen LogP contribution in [0.5, 0.6) is 0 Å². The second-order valence-electron chi connectivity index (χ2n) is 6.39. The highest BCUT2D eigenvalue weighted by Gasteiger charge is 2.25. The van der Waals surface area contributed by atoms with Gasteiger partial charge in [0.1, 0.15) is 0 Å². The molecule has 3 heteroatoms. The Kier molecular flexibility index (Phi) is 3.41. The number of aromatic nitrogens is 1. The summed E-state index contributed by atoms with van der Waals surface area (Å²) in [7, 11) is 0. The summed E-state index contributed by atoms with van der Waals surface area (Å²) in [5.74, 6) is 0.604. The quantitative estimate of drug-likeness (QED) is 0.724. The molecule has 3 nitrogen and oxygen atoms in total. The van der Waals surface area contributed by atoms with E-state index in [-0.39, 0.29) is 0 Å². The number of pyridine rings is 1. The molecule has 1 aliphatic rings. The van der Waals surface area contributed by atoms with Crippen molar-refractivity contribution < 1.29 is 0 Å². The number of nitrogens with zero attached hydrogens (tertiary/aromatic N) is 2. The van der Waals surface area contributed by atoms with Crippen LogP contribution in [-0.4, -0.2) is 18.1 Å². The number of hydrogen-bond acceptors (Lipinski definition) is 3. The maximum atomic E-state index is 5.92. The number of benzene rings is 2. The highest BCUT2D eigenvalue weighted by molar-refractivity contribution is 5.85. The van der Waals surface area contributed by atoms with Gasteiger partial charge in [0.15, 0.2) is 0 Å². The minimum absolute atomic E-state index is 0.604. The molecular weight excluding hydrogens is 282 g/mol. The molecule has 116 valence electrons. The van der Waals surface area contributed by atoms with E-state index in [0.717, 1.165) is 35.4 Å². The zero-order valence-corrected chi connectivity index (χ0v) is 13.4. The Morgan fingerprint density at radius 3 is 2.74 bits per heavy atom. The number of rotatable bonds is 2. The summed E-state index contributed by atoms with van der Waals surface area (Å²) in [6.07, 6.45) is 1.19. The van der Waals surface area contributed by atoms with Crippen molar-refractivity contribution in [1.82, 2.24) is 4.98 Å². The van der Waals surface area contributed by atoms with E-state index in [1.54, 1.807) is 0 Å². The van der Waals surface area contributed by atoms with E-state index in [9.17, 15) is 0 Å². The minimum Gasteiger partial charge on any atom is -0.399 e. The average Bonchev–Trinajstić information content (AvgIpc) is 3.05. The van der Waals surface area contributed by atoms with E-state index in [0.29, 0.717) is 5.92 Å². The van der Waals surface area contributed by atoms with Crippen LogP contribution in [0.3, 0.4) is 0 Å². The second kappa shape index (κ2) is 5.58. The Labute approximate surface area is 136 Å². The minimum atomic E-state index is 0.604. The standard InChI is InChI=1S/C20H21N3/c1-14-20(12-17-11-18(21)7-8-19(17)22-14)23-10-9-16(13-23)15-5-3-2-4-6-15/h2-8,11-12,16H,9-10,13,21H2,1H3/t16-/m1/s1. The monoisotopic (exact) mass is 303 g/mol. The molecule has 2 N–H and O–H groups in total. The number of nitrogens with two attached hydrogens (primary N) is 1. The summed E-state index contributed by atoms with van der Waals surface area (Å²) in [5, 5.41) is 1.12. The van der Waals surface area contributed by atoms with E-state index in [1.165, 1.54) is 17.7 Å². The van der Waals surface area contributed by atoms with E-state index in [1.807, 2.05) is 18.2 Å². The van der Waals surface area contributed by atoms with Gasteiger partial charge >= 0.3 is 0 Å². The third-order valence-electron chi connectivity index (χ3n) is 4.80. The van der Waals surface area contributed by atoms with Crippen LogP contribution < -0.4 is 10.6 Å². The van der Waals surface area contributed by atoms with Crippen molar-refractivity contribution >= 4 is 22.3 Å². The molecule has 1 aromatic heterocycles. The molecule has 1 fully saturated rings. The molecule has 0 radical (unpaired) electrons. The molecule has 23 heavy (non-hydrogen) atoms. The maximum Gasteiger partial charge on any atom is 0.0708 e. The Balaban J connectivity index is 1.66. The van der Waals surface area contributed by atoms with Gasteiger partial charge in [0, 0.05) is 30.1 Å². The van der Waals surface area contributed by atoms with E-state index < -0.39 is 0 Å². The first-order valence-corrected chi connectivity index (χ1v) is 8.17. The van der Waals surface area contributed by atoms with Crippen LogP contribution in [0.1, 0.15) is 23.6 Å². The summed E-state index contributed by atoms with van der Waals surface area (Å²) in [6, 6.07) is 19.0. The van der Waals surface area contributed by atoms with Crippen LogP contribution >= 0.6 is 0 Å². The molecular formula is C20H21N3. The first-order valence-electron chi connectivity index (χ1n) is 8.17. The van der Waals surface area contributed by atoms with Gasteiger partial charge in [-0.05, 0) is 43.2 Å². The molecule has 0 spiro atoms. The Morgan fingerprint density at radius 1 is 1.09 bits per heavy atom. The lowest BCUT2D eigenvalue weighted by Gasteiger charge is -2.21. The predicted octanol–water partition coefficient (Wildman–Crippen LogP) is 4.12. The number of nitrogen functional groups attached to an aromatic ring is 1. The maximum absolute atomic E-state index is 5.92. The van der Waals surface area contributed by atoms with Crippen molar-refractivity contribution in [1.29, 1.82) is 0 Å². The van der Waals surface area contributed by atoms with Crippen molar-refractivity contribution in [2.45, 2.75) is 19.3 Å². The predicted molar refractivity (Wildman–Crippen MR) is 96.9 cm³/mol. The summed E-state index contributed by atoms with van der Waals surface area (Å²) >= 11 is 0. The highest BCUT2D eigenvalue weighted by atomic mass is 15.2. The first-order chi connectivity index (χ1) is 11.2. The second-order valence-corrected chi connectivity index (χ2v) is 6.39. The number of aryl methyl sites for hydroxylation is 1. The molecule has 0 saturated carbocycles. The van der Waals surface area contributed by atoms with Crippen LogP contribution in [-0.2, 0) is 0 Å². The SMILES string of the molecule is Cc1nc2ccc(N)cc2cc1N1CC[C@@H](c2ccccc2)C1. The third kappa shape index (κ3) is 2.63. The highest BCUT2D eigenvalue weighted by Crippen LogP contribution is 2.33. The lowest BCUT2D eigenvalue weighted by molar-refractivity contribution is 0.775. The van der Waals surface area contributed by atoms with Crippen molar-refractivity contribution in [3.05, 3.63) is 65.9 Å². The molecule has 1 aliphatic heterocycles. The van der Waals surface area contributed by atoms with Crippen LogP contribution in [0.25, 0.3) is 10.9 Å². The fourth-order valence-corrected chi connectivity index (χ4v) is 3.58. The van der Waals surface area contributed by atoms with Crippen LogP contribution in [0.4, 0.5) is 11.4 Å². The van der Waals surface area contributed by atoms with Crippen LogP contribution in [0.15, 0.2) is 54.6 Å². The number of anilines is 2. The zero-order chi connectivity index (χ0) is 15.8. The molecule has 1 saturated heterocycles. The van der Waals surface area contributed by atoms with Crippen LogP contribution in [0, 0.1) is 6.92 Å². The van der Waals surface area contributed by atoms with Gasteiger partial charge in [0.25, 0.3) is 0 Å². The number of fused-ring (bicyclic) bond motifs is 1. The van der Waals surface area contributed by atoms with Crippen molar-refractivity contribution in [3.8, 4) is 0 Å². The summed E-state index contributed by atoms with van der Waals surface area (Å²) in [5.41, 5.74) is 11.5. The van der Waals surface area contributed by atoms with Gasteiger partial charge in [-0.1, -0.05) is 30.3 Å².